The van der Waals surface area contributed by atoms with Gasteiger partial charge in [-0.25, -0.2) is 16.8 Å². The van der Waals surface area contributed by atoms with E-state index in [1.165, 1.54) is 36.4 Å². The van der Waals surface area contributed by atoms with Crippen molar-refractivity contribution in [2.75, 3.05) is 0 Å². The highest BCUT2D eigenvalue weighted by molar-refractivity contribution is 7.90. The van der Waals surface area contributed by atoms with Gasteiger partial charge in [-0.3, -0.25) is 14.4 Å². The van der Waals surface area contributed by atoms with Crippen LogP contribution in [-0.2, 0) is 24.6 Å². The average Bonchev–Trinajstić information content (AvgIpc) is 2.83. The Morgan fingerprint density at radius 3 is 1.46 bits per heavy atom. The minimum absolute atomic E-state index is 0.110. The highest BCUT2D eigenvalue weighted by Gasteiger charge is 2.30. The molecule has 14 heteroatoms. The zero-order chi connectivity index (χ0) is 25.7. The number of hydrogen-bond donors (Lipinski definition) is 5. The molecule has 3 rings (SSSR count). The van der Waals surface area contributed by atoms with Crippen LogP contribution in [0.2, 0.25) is 0 Å². The molecule has 3 aromatic carbocycles. The van der Waals surface area contributed by atoms with Crippen LogP contribution >= 0.6 is 7.59 Å². The molecule has 186 valence electrons. The molecule has 1 amide bonds. The summed E-state index contributed by atoms with van der Waals surface area (Å²) in [5, 5.41) is 6.18. The van der Waals surface area contributed by atoms with E-state index in [1.54, 1.807) is 56.3 Å². The summed E-state index contributed by atoms with van der Waals surface area (Å²) in [5.74, 6) is -0.849. The van der Waals surface area contributed by atoms with Crippen LogP contribution in [0.4, 0.5) is 0 Å². The Hall–Kier alpha value is -2.90. The van der Waals surface area contributed by atoms with Crippen LogP contribution in [0.5, 0.6) is 0 Å². The van der Waals surface area contributed by atoms with Crippen molar-refractivity contribution in [2.24, 2.45) is 0 Å². The maximum atomic E-state index is 13.5. The summed E-state index contributed by atoms with van der Waals surface area (Å²) in [4.78, 5) is 16.2. The van der Waals surface area contributed by atoms with Gasteiger partial charge in [-0.1, -0.05) is 53.6 Å². The maximum absolute atomic E-state index is 13.5. The van der Waals surface area contributed by atoms with Gasteiger partial charge in [0.1, 0.15) is 0 Å². The normalized spacial score (nSPS) is 12.3. The number of hydrazine groups is 2. The fourth-order valence-electron chi connectivity index (χ4n) is 2.68. The first kappa shape index (κ1) is 26.7. The maximum Gasteiger partial charge on any atom is 0.333 e. The number of nitrogens with one attached hydrogen (secondary N) is 5. The molecule has 0 heterocycles. The van der Waals surface area contributed by atoms with E-state index in [9.17, 15) is 26.2 Å². The molecule has 3 aromatic rings. The van der Waals surface area contributed by atoms with Gasteiger partial charge >= 0.3 is 7.59 Å². The summed E-state index contributed by atoms with van der Waals surface area (Å²) in [7, 11) is -12.9. The molecule has 0 aliphatic carbocycles. The highest BCUT2D eigenvalue weighted by Crippen LogP contribution is 2.30. The first-order valence-corrected chi connectivity index (χ1v) is 14.8. The summed E-state index contributed by atoms with van der Waals surface area (Å²) in [6.07, 6.45) is 0. The van der Waals surface area contributed by atoms with Crippen molar-refractivity contribution in [3.63, 3.8) is 0 Å². The lowest BCUT2D eigenvalue weighted by Gasteiger charge is -2.22. The van der Waals surface area contributed by atoms with Gasteiger partial charge in [0.2, 0.25) is 0 Å². The van der Waals surface area contributed by atoms with Crippen molar-refractivity contribution in [1.82, 2.24) is 25.1 Å². The summed E-state index contributed by atoms with van der Waals surface area (Å²) in [5.41, 5.74) is 1.76. The first-order valence-electron chi connectivity index (χ1n) is 10.1. The van der Waals surface area contributed by atoms with Crippen molar-refractivity contribution >= 4 is 33.5 Å². The Labute approximate surface area is 203 Å². The van der Waals surface area contributed by atoms with Gasteiger partial charge in [-0.15, -0.1) is 9.66 Å². The van der Waals surface area contributed by atoms with Crippen LogP contribution in [0.25, 0.3) is 0 Å². The van der Waals surface area contributed by atoms with Gasteiger partial charge in [-0.2, -0.15) is 10.4 Å². The van der Waals surface area contributed by atoms with E-state index in [4.69, 9.17) is 0 Å². The Morgan fingerprint density at radius 2 is 1.06 bits per heavy atom. The van der Waals surface area contributed by atoms with Crippen LogP contribution in [0.15, 0.2) is 88.7 Å². The third-order valence-corrected chi connectivity index (χ3v) is 8.83. The molecule has 0 spiro atoms. The van der Waals surface area contributed by atoms with Crippen molar-refractivity contribution < 1.29 is 26.2 Å². The van der Waals surface area contributed by atoms with E-state index in [2.05, 4.69) is 5.09 Å². The SMILES string of the molecule is Cc1ccc(S(=O)(=O)NNP(=O)(NNS(=O)(=O)c2ccc(C)cc2)NC(=O)c2ccccc2)cc1. The number of hydrogen-bond acceptors (Lipinski definition) is 6. The standard InChI is InChI=1S/C21H24N5O6PS2/c1-16-8-12-19(13-9-16)34(29,30)25-23-33(28,22-21(27)18-6-4-3-5-7-18)24-26-35(31,32)20-14-10-17(2)11-15-20/h3-15,25-26H,1-2H3,(H3,22,23,24,27,28). The van der Waals surface area contributed by atoms with Crippen molar-refractivity contribution in [1.29, 1.82) is 0 Å². The minimum Gasteiger partial charge on any atom is -0.277 e. The summed E-state index contributed by atoms with van der Waals surface area (Å²) >= 11 is 0. The van der Waals surface area contributed by atoms with Crippen LogP contribution in [0.3, 0.4) is 0 Å². The molecule has 11 nitrogen and oxygen atoms in total. The molecule has 0 aliphatic heterocycles. The van der Waals surface area contributed by atoms with E-state index in [0.717, 1.165) is 11.1 Å². The largest absolute Gasteiger partial charge is 0.333 e. The number of carbonyl (C=O) groups is 1. The third-order valence-electron chi connectivity index (χ3n) is 4.63. The summed E-state index contributed by atoms with van der Waals surface area (Å²) in [6, 6.07) is 19.3. The van der Waals surface area contributed by atoms with Crippen LogP contribution in [-0.4, -0.2) is 22.7 Å². The minimum atomic E-state index is -4.47. The molecule has 0 saturated heterocycles. The van der Waals surface area contributed by atoms with Gasteiger partial charge in [0.15, 0.2) is 0 Å². The molecular formula is C21H24N5O6PS2. The molecule has 0 aliphatic rings. The van der Waals surface area contributed by atoms with Gasteiger partial charge in [0.25, 0.3) is 26.0 Å². The zero-order valence-electron chi connectivity index (χ0n) is 18.7. The number of rotatable bonds is 10. The molecule has 0 saturated carbocycles. The Kier molecular flexibility index (Phi) is 8.23. The molecule has 0 fully saturated rings. The number of carbonyl (C=O) groups excluding carboxylic acids is 1. The van der Waals surface area contributed by atoms with E-state index in [0.29, 0.717) is 0 Å². The number of benzene rings is 3. The van der Waals surface area contributed by atoms with E-state index in [1.807, 2.05) is 20.1 Å². The summed E-state index contributed by atoms with van der Waals surface area (Å²) in [6.45, 7) is 3.55. The van der Waals surface area contributed by atoms with Gasteiger partial charge in [0, 0.05) is 5.56 Å². The predicted octanol–water partition coefficient (Wildman–Crippen LogP) is 2.11. The fourth-order valence-corrected chi connectivity index (χ4v) is 6.48. The number of sulfonamides is 2. The average molecular weight is 538 g/mol. The molecular weight excluding hydrogens is 513 g/mol. The Balaban J connectivity index is 1.83. The lowest BCUT2D eigenvalue weighted by Crippen LogP contribution is -2.49. The summed E-state index contributed by atoms with van der Waals surface area (Å²) < 4.78 is 64.0. The number of aryl methyl sites for hydroxylation is 2. The number of amides is 1. The second-order valence-electron chi connectivity index (χ2n) is 7.48. The van der Waals surface area contributed by atoms with Gasteiger partial charge in [-0.05, 0) is 50.2 Å². The molecule has 0 aromatic heterocycles. The van der Waals surface area contributed by atoms with Crippen molar-refractivity contribution in [3.05, 3.63) is 95.6 Å². The molecule has 0 radical (unpaired) electrons. The lowest BCUT2D eigenvalue weighted by molar-refractivity contribution is 0.0979. The molecule has 35 heavy (non-hydrogen) atoms. The van der Waals surface area contributed by atoms with Crippen LogP contribution in [0.1, 0.15) is 21.5 Å². The molecule has 5 N–H and O–H groups in total. The lowest BCUT2D eigenvalue weighted by atomic mass is 10.2. The second-order valence-corrected chi connectivity index (χ2v) is 12.7. The zero-order valence-corrected chi connectivity index (χ0v) is 21.2. The fraction of sp³-hybridized carbons (Fsp3) is 0.0952. The first-order chi connectivity index (χ1) is 16.4. The highest BCUT2D eigenvalue weighted by atomic mass is 32.2. The van der Waals surface area contributed by atoms with Crippen LogP contribution in [0, 0.1) is 13.8 Å². The smallest absolute Gasteiger partial charge is 0.277 e. The third kappa shape index (κ3) is 7.29. The van der Waals surface area contributed by atoms with E-state index in [-0.39, 0.29) is 15.4 Å². The van der Waals surface area contributed by atoms with Gasteiger partial charge < -0.3 is 0 Å². The molecule has 0 atom stereocenters. The molecule has 0 unspecified atom stereocenters. The Bertz CT molecular complexity index is 1360. The Morgan fingerprint density at radius 1 is 0.657 bits per heavy atom. The second kappa shape index (κ2) is 10.8. The topological polar surface area (TPSA) is 163 Å². The monoisotopic (exact) mass is 537 g/mol. The van der Waals surface area contributed by atoms with E-state index >= 15 is 0 Å². The quantitative estimate of drug-likeness (QED) is 0.194. The molecule has 0 bridgehead atoms. The van der Waals surface area contributed by atoms with Gasteiger partial charge in [0.05, 0.1) is 9.79 Å². The van der Waals surface area contributed by atoms with Crippen LogP contribution < -0.4 is 25.1 Å². The van der Waals surface area contributed by atoms with Crippen molar-refractivity contribution in [2.45, 2.75) is 23.6 Å². The van der Waals surface area contributed by atoms with Crippen molar-refractivity contribution in [3.8, 4) is 0 Å². The van der Waals surface area contributed by atoms with E-state index < -0.39 is 33.5 Å². The predicted molar refractivity (Wildman–Crippen MR) is 131 cm³/mol.